The minimum atomic E-state index is -0.389. The molecule has 2 aromatic rings. The SMILES string of the molecule is Cc1ccc(CN)cc1Oc1ccc(F)cc1Cl. The van der Waals surface area contributed by atoms with Gasteiger partial charge in [-0.25, -0.2) is 4.39 Å². The fourth-order valence-electron chi connectivity index (χ4n) is 1.56. The number of rotatable bonds is 3. The zero-order valence-corrected chi connectivity index (χ0v) is 10.7. The topological polar surface area (TPSA) is 35.2 Å². The number of ether oxygens (including phenoxy) is 1. The molecule has 0 unspecified atom stereocenters. The molecule has 4 heteroatoms. The van der Waals surface area contributed by atoms with Gasteiger partial charge in [0.15, 0.2) is 0 Å². The molecule has 0 spiro atoms. The van der Waals surface area contributed by atoms with Gasteiger partial charge >= 0.3 is 0 Å². The summed E-state index contributed by atoms with van der Waals surface area (Å²) in [6.45, 7) is 2.36. The molecule has 0 aliphatic heterocycles. The van der Waals surface area contributed by atoms with Crippen LogP contribution < -0.4 is 10.5 Å². The molecule has 0 saturated heterocycles. The first-order chi connectivity index (χ1) is 8.60. The Bertz CT molecular complexity index is 572. The van der Waals surface area contributed by atoms with Crippen molar-refractivity contribution in [2.45, 2.75) is 13.5 Å². The van der Waals surface area contributed by atoms with Crippen LogP contribution in [0.25, 0.3) is 0 Å². The van der Waals surface area contributed by atoms with E-state index in [1.165, 1.54) is 18.2 Å². The molecule has 0 atom stereocenters. The van der Waals surface area contributed by atoms with Gasteiger partial charge in [0.1, 0.15) is 17.3 Å². The first kappa shape index (κ1) is 12.9. The fraction of sp³-hybridized carbons (Fsp3) is 0.143. The summed E-state index contributed by atoms with van der Waals surface area (Å²) in [5.74, 6) is 0.710. The molecular weight excluding hydrogens is 253 g/mol. The molecule has 18 heavy (non-hydrogen) atoms. The molecule has 0 aliphatic rings. The van der Waals surface area contributed by atoms with Crippen LogP contribution in [0.15, 0.2) is 36.4 Å². The maximum absolute atomic E-state index is 12.9. The van der Waals surface area contributed by atoms with Gasteiger partial charge in [0.2, 0.25) is 0 Å². The van der Waals surface area contributed by atoms with Gasteiger partial charge in [0.25, 0.3) is 0 Å². The summed E-state index contributed by atoms with van der Waals surface area (Å²) < 4.78 is 18.6. The molecule has 0 aliphatic carbocycles. The largest absolute Gasteiger partial charge is 0.456 e. The Morgan fingerprint density at radius 1 is 1.17 bits per heavy atom. The van der Waals surface area contributed by atoms with Crippen LogP contribution in [-0.2, 0) is 6.54 Å². The number of hydrogen-bond acceptors (Lipinski definition) is 2. The highest BCUT2D eigenvalue weighted by Crippen LogP contribution is 2.31. The van der Waals surface area contributed by atoms with Gasteiger partial charge in [0.05, 0.1) is 5.02 Å². The molecule has 94 valence electrons. The minimum absolute atomic E-state index is 0.243. The molecule has 2 rings (SSSR count). The summed E-state index contributed by atoms with van der Waals surface area (Å²) >= 11 is 5.92. The van der Waals surface area contributed by atoms with Crippen LogP contribution in [0, 0.1) is 12.7 Å². The number of halogens is 2. The van der Waals surface area contributed by atoms with E-state index in [2.05, 4.69) is 0 Å². The highest BCUT2D eigenvalue weighted by Gasteiger charge is 2.07. The summed E-state index contributed by atoms with van der Waals surface area (Å²) in [4.78, 5) is 0. The molecule has 0 saturated carbocycles. The van der Waals surface area contributed by atoms with Crippen molar-refractivity contribution in [3.8, 4) is 11.5 Å². The average Bonchev–Trinajstić information content (AvgIpc) is 2.35. The molecule has 0 bridgehead atoms. The van der Waals surface area contributed by atoms with Crippen LogP contribution >= 0.6 is 11.6 Å². The molecule has 2 aromatic carbocycles. The fourth-order valence-corrected chi connectivity index (χ4v) is 1.76. The molecule has 0 heterocycles. The number of hydrogen-bond donors (Lipinski definition) is 1. The zero-order chi connectivity index (χ0) is 13.1. The summed E-state index contributed by atoms with van der Waals surface area (Å²) in [5, 5.41) is 0.243. The van der Waals surface area contributed by atoms with E-state index < -0.39 is 0 Å². The van der Waals surface area contributed by atoms with Gasteiger partial charge < -0.3 is 10.5 Å². The molecular formula is C14H13ClFNO. The quantitative estimate of drug-likeness (QED) is 0.909. The van der Waals surface area contributed by atoms with Crippen LogP contribution in [0.1, 0.15) is 11.1 Å². The zero-order valence-electron chi connectivity index (χ0n) is 9.91. The second-order valence-electron chi connectivity index (χ2n) is 3.98. The van der Waals surface area contributed by atoms with Gasteiger partial charge in [0, 0.05) is 6.54 Å². The lowest BCUT2D eigenvalue weighted by atomic mass is 10.1. The van der Waals surface area contributed by atoms with Gasteiger partial charge in [-0.1, -0.05) is 23.7 Å². The lowest BCUT2D eigenvalue weighted by Gasteiger charge is -2.11. The van der Waals surface area contributed by atoms with Crippen LogP contribution in [0.4, 0.5) is 4.39 Å². The van der Waals surface area contributed by atoms with Crippen molar-refractivity contribution in [1.29, 1.82) is 0 Å². The summed E-state index contributed by atoms with van der Waals surface area (Å²) in [5.41, 5.74) is 7.51. The van der Waals surface area contributed by atoms with Crippen molar-refractivity contribution in [2.24, 2.45) is 5.73 Å². The standard InChI is InChI=1S/C14H13ClFNO/c1-9-2-3-10(8-17)6-14(9)18-13-5-4-11(16)7-12(13)15/h2-7H,8,17H2,1H3. The van der Waals surface area contributed by atoms with Crippen molar-refractivity contribution in [2.75, 3.05) is 0 Å². The summed E-state index contributed by atoms with van der Waals surface area (Å²) in [6.07, 6.45) is 0. The monoisotopic (exact) mass is 265 g/mol. The average molecular weight is 266 g/mol. The Kier molecular flexibility index (Phi) is 3.84. The lowest BCUT2D eigenvalue weighted by molar-refractivity contribution is 0.476. The highest BCUT2D eigenvalue weighted by atomic mass is 35.5. The first-order valence-electron chi connectivity index (χ1n) is 5.52. The van der Waals surface area contributed by atoms with Gasteiger partial charge in [-0.3, -0.25) is 0 Å². The van der Waals surface area contributed by atoms with E-state index in [0.717, 1.165) is 11.1 Å². The van der Waals surface area contributed by atoms with Gasteiger partial charge in [-0.15, -0.1) is 0 Å². The minimum Gasteiger partial charge on any atom is -0.456 e. The number of aryl methyl sites for hydroxylation is 1. The van der Waals surface area contributed by atoms with E-state index in [9.17, 15) is 4.39 Å². The lowest BCUT2D eigenvalue weighted by Crippen LogP contribution is -1.97. The van der Waals surface area contributed by atoms with E-state index in [1.807, 2.05) is 25.1 Å². The van der Waals surface area contributed by atoms with E-state index in [4.69, 9.17) is 22.1 Å². The molecule has 2 N–H and O–H groups in total. The molecule has 0 fully saturated rings. The maximum Gasteiger partial charge on any atom is 0.146 e. The molecule has 0 radical (unpaired) electrons. The molecule has 0 aromatic heterocycles. The van der Waals surface area contributed by atoms with Crippen molar-refractivity contribution < 1.29 is 9.13 Å². The first-order valence-corrected chi connectivity index (χ1v) is 5.90. The number of benzene rings is 2. The van der Waals surface area contributed by atoms with Crippen molar-refractivity contribution in [3.05, 3.63) is 58.4 Å². The maximum atomic E-state index is 12.9. The van der Waals surface area contributed by atoms with Crippen molar-refractivity contribution in [3.63, 3.8) is 0 Å². The molecule has 0 amide bonds. The molecule has 2 nitrogen and oxygen atoms in total. The van der Waals surface area contributed by atoms with Crippen LogP contribution in [0.3, 0.4) is 0 Å². The van der Waals surface area contributed by atoms with E-state index >= 15 is 0 Å². The summed E-state index contributed by atoms with van der Waals surface area (Å²) in [6, 6.07) is 9.76. The van der Waals surface area contributed by atoms with Crippen molar-refractivity contribution >= 4 is 11.6 Å². The second-order valence-corrected chi connectivity index (χ2v) is 4.39. The van der Waals surface area contributed by atoms with Crippen LogP contribution in [0.5, 0.6) is 11.5 Å². The predicted molar refractivity (Wildman–Crippen MR) is 70.6 cm³/mol. The Balaban J connectivity index is 2.33. The Morgan fingerprint density at radius 3 is 2.61 bits per heavy atom. The summed E-state index contributed by atoms with van der Waals surface area (Å²) in [7, 11) is 0. The van der Waals surface area contributed by atoms with E-state index in [1.54, 1.807) is 0 Å². The van der Waals surface area contributed by atoms with E-state index in [-0.39, 0.29) is 10.8 Å². The third-order valence-corrected chi connectivity index (χ3v) is 2.90. The Morgan fingerprint density at radius 2 is 1.94 bits per heavy atom. The third kappa shape index (κ3) is 2.81. The van der Waals surface area contributed by atoms with Crippen LogP contribution in [-0.4, -0.2) is 0 Å². The predicted octanol–water partition coefficient (Wildman–Crippen LogP) is 4.04. The van der Waals surface area contributed by atoms with Crippen LogP contribution in [0.2, 0.25) is 5.02 Å². The number of nitrogens with two attached hydrogens (primary N) is 1. The Labute approximate surface area is 110 Å². The Hall–Kier alpha value is -1.58. The third-order valence-electron chi connectivity index (χ3n) is 2.60. The smallest absolute Gasteiger partial charge is 0.146 e. The normalized spacial score (nSPS) is 10.4. The second kappa shape index (κ2) is 5.38. The van der Waals surface area contributed by atoms with Crippen molar-refractivity contribution in [1.82, 2.24) is 0 Å². The van der Waals surface area contributed by atoms with Gasteiger partial charge in [-0.2, -0.15) is 0 Å². The highest BCUT2D eigenvalue weighted by molar-refractivity contribution is 6.32. The van der Waals surface area contributed by atoms with Gasteiger partial charge in [-0.05, 0) is 42.3 Å². The van der Waals surface area contributed by atoms with E-state index in [0.29, 0.717) is 18.0 Å².